The molecule has 3 aromatic rings. The molecule has 1 amide bonds. The van der Waals surface area contributed by atoms with E-state index in [0.29, 0.717) is 39.4 Å². The largest absolute Gasteiger partial charge is 0.494 e. The van der Waals surface area contributed by atoms with Crippen LogP contribution in [0.3, 0.4) is 0 Å². The second-order valence-electron chi connectivity index (χ2n) is 5.93. The summed E-state index contributed by atoms with van der Waals surface area (Å²) in [7, 11) is 0. The van der Waals surface area contributed by atoms with Crippen LogP contribution >= 0.6 is 23.2 Å². The number of aromatic nitrogens is 2. The van der Waals surface area contributed by atoms with Gasteiger partial charge >= 0.3 is 0 Å². The lowest BCUT2D eigenvalue weighted by Gasteiger charge is -2.09. The third-order valence-corrected chi connectivity index (χ3v) is 4.39. The molecule has 0 spiro atoms. The van der Waals surface area contributed by atoms with Gasteiger partial charge in [-0.1, -0.05) is 36.5 Å². The Hall–Kier alpha value is -2.24. The number of carbonyl (C=O) groups excluding carboxylic acids is 1. The zero-order valence-electron chi connectivity index (χ0n) is 14.6. The highest BCUT2D eigenvalue weighted by Crippen LogP contribution is 2.25. The van der Waals surface area contributed by atoms with Crippen molar-refractivity contribution in [2.24, 2.45) is 0 Å². The smallest absolute Gasteiger partial charge is 0.274 e. The van der Waals surface area contributed by atoms with E-state index in [2.05, 4.69) is 17.2 Å². The molecule has 0 bridgehead atoms. The Balaban J connectivity index is 1.80. The lowest BCUT2D eigenvalue weighted by molar-refractivity contribution is 0.102. The molecule has 2 aromatic heterocycles. The Kier molecular flexibility index (Phi) is 5.69. The molecule has 7 heteroatoms. The third kappa shape index (κ3) is 3.94. The normalized spacial score (nSPS) is 10.9. The van der Waals surface area contributed by atoms with Crippen molar-refractivity contribution in [3.8, 4) is 5.75 Å². The van der Waals surface area contributed by atoms with Gasteiger partial charge in [0, 0.05) is 11.9 Å². The van der Waals surface area contributed by atoms with Gasteiger partial charge in [-0.25, -0.2) is 4.98 Å². The maximum Gasteiger partial charge on any atom is 0.274 e. The molecule has 0 unspecified atom stereocenters. The van der Waals surface area contributed by atoms with Crippen LogP contribution in [0.25, 0.3) is 5.65 Å². The van der Waals surface area contributed by atoms with Gasteiger partial charge in [-0.2, -0.15) is 0 Å². The van der Waals surface area contributed by atoms with E-state index in [1.165, 1.54) is 0 Å². The second kappa shape index (κ2) is 7.98. The zero-order chi connectivity index (χ0) is 18.7. The van der Waals surface area contributed by atoms with Gasteiger partial charge in [0.05, 0.1) is 22.3 Å². The predicted octanol–water partition coefficient (Wildman–Crippen LogP) is 5.38. The Labute approximate surface area is 161 Å². The van der Waals surface area contributed by atoms with Crippen molar-refractivity contribution in [2.75, 3.05) is 11.9 Å². The van der Waals surface area contributed by atoms with Crippen molar-refractivity contribution >= 4 is 40.4 Å². The first-order chi connectivity index (χ1) is 12.5. The summed E-state index contributed by atoms with van der Waals surface area (Å²) in [6.07, 6.45) is 3.72. The lowest BCUT2D eigenvalue weighted by Crippen LogP contribution is -2.15. The first-order valence-corrected chi connectivity index (χ1v) is 9.13. The van der Waals surface area contributed by atoms with Crippen molar-refractivity contribution < 1.29 is 9.53 Å². The van der Waals surface area contributed by atoms with Gasteiger partial charge in [-0.05, 0) is 43.7 Å². The van der Waals surface area contributed by atoms with E-state index in [0.717, 1.165) is 18.6 Å². The van der Waals surface area contributed by atoms with Gasteiger partial charge in [-0.3, -0.25) is 9.20 Å². The number of fused-ring (bicyclic) bond motifs is 1. The van der Waals surface area contributed by atoms with Crippen LogP contribution in [0.2, 0.25) is 10.0 Å². The number of pyridine rings is 1. The molecular weight excluding hydrogens is 373 g/mol. The Morgan fingerprint density at radius 2 is 2.00 bits per heavy atom. The van der Waals surface area contributed by atoms with Gasteiger partial charge in [0.25, 0.3) is 5.91 Å². The van der Waals surface area contributed by atoms with Crippen LogP contribution in [0.4, 0.5) is 5.69 Å². The van der Waals surface area contributed by atoms with E-state index in [1.54, 1.807) is 35.7 Å². The van der Waals surface area contributed by atoms with Gasteiger partial charge in [0.15, 0.2) is 5.65 Å². The van der Waals surface area contributed by atoms with Crippen molar-refractivity contribution in [3.63, 3.8) is 0 Å². The molecule has 3 rings (SSSR count). The van der Waals surface area contributed by atoms with E-state index >= 15 is 0 Å². The molecule has 0 atom stereocenters. The van der Waals surface area contributed by atoms with Crippen LogP contribution in [0.15, 0.2) is 36.5 Å². The first kappa shape index (κ1) is 18.5. The number of imidazole rings is 1. The van der Waals surface area contributed by atoms with Crippen molar-refractivity contribution in [3.05, 3.63) is 58.0 Å². The monoisotopic (exact) mass is 391 g/mol. The number of nitrogens with zero attached hydrogens (tertiary/aromatic N) is 2. The number of amides is 1. The number of rotatable bonds is 6. The fourth-order valence-electron chi connectivity index (χ4n) is 2.62. The second-order valence-corrected chi connectivity index (χ2v) is 6.77. The van der Waals surface area contributed by atoms with E-state index in [1.807, 2.05) is 12.1 Å². The fraction of sp³-hybridized carbons (Fsp3) is 0.263. The van der Waals surface area contributed by atoms with Crippen LogP contribution in [-0.2, 0) is 0 Å². The molecule has 0 fully saturated rings. The Morgan fingerprint density at radius 3 is 2.69 bits per heavy atom. The van der Waals surface area contributed by atoms with Crippen molar-refractivity contribution in [2.45, 2.75) is 26.7 Å². The highest BCUT2D eigenvalue weighted by Gasteiger charge is 2.19. The topological polar surface area (TPSA) is 55.6 Å². The number of unbranched alkanes of at least 4 members (excludes halogenated alkanes) is 1. The van der Waals surface area contributed by atoms with Crippen LogP contribution in [-0.4, -0.2) is 21.9 Å². The molecule has 26 heavy (non-hydrogen) atoms. The molecule has 0 saturated heterocycles. The Morgan fingerprint density at radius 1 is 1.27 bits per heavy atom. The molecule has 0 aliphatic heterocycles. The average molecular weight is 392 g/mol. The zero-order valence-corrected chi connectivity index (χ0v) is 16.1. The van der Waals surface area contributed by atoms with Crippen molar-refractivity contribution in [1.29, 1.82) is 0 Å². The number of halogens is 2. The van der Waals surface area contributed by atoms with E-state index < -0.39 is 0 Å². The molecule has 5 nitrogen and oxygen atoms in total. The third-order valence-electron chi connectivity index (χ3n) is 3.91. The lowest BCUT2D eigenvalue weighted by atomic mass is 10.2. The first-order valence-electron chi connectivity index (χ1n) is 8.37. The quantitative estimate of drug-likeness (QED) is 0.573. The SMILES string of the molecule is CCCCOc1ccc(NC(=O)c2c(C)nc3c(Cl)cc(Cl)cn23)cc1. The van der Waals surface area contributed by atoms with E-state index in [4.69, 9.17) is 27.9 Å². The number of hydrogen-bond donors (Lipinski definition) is 1. The number of anilines is 1. The maximum absolute atomic E-state index is 12.7. The van der Waals surface area contributed by atoms with Crippen LogP contribution in [0.5, 0.6) is 5.75 Å². The summed E-state index contributed by atoms with van der Waals surface area (Å²) in [5.74, 6) is 0.494. The number of ether oxygens (including phenoxy) is 1. The van der Waals surface area contributed by atoms with Gasteiger partial charge in [0.2, 0.25) is 0 Å². The molecular formula is C19H19Cl2N3O2. The summed E-state index contributed by atoms with van der Waals surface area (Å²) in [6.45, 7) is 4.56. The number of benzene rings is 1. The number of aryl methyl sites for hydroxylation is 1. The molecule has 0 radical (unpaired) electrons. The molecule has 0 saturated carbocycles. The minimum Gasteiger partial charge on any atom is -0.494 e. The molecule has 2 heterocycles. The van der Waals surface area contributed by atoms with Gasteiger partial charge < -0.3 is 10.1 Å². The molecule has 0 aliphatic rings. The molecule has 136 valence electrons. The number of nitrogens with one attached hydrogen (secondary N) is 1. The van der Waals surface area contributed by atoms with Crippen LogP contribution < -0.4 is 10.1 Å². The fourth-order valence-corrected chi connectivity index (χ4v) is 3.13. The molecule has 1 N–H and O–H groups in total. The standard InChI is InChI=1S/C19H19Cl2N3O2/c1-3-4-9-26-15-7-5-14(6-8-15)23-19(25)17-12(2)22-18-16(21)10-13(20)11-24(17)18/h5-8,10-11H,3-4,9H2,1-2H3,(H,23,25). The Bertz CT molecular complexity index is 936. The summed E-state index contributed by atoms with van der Waals surface area (Å²) < 4.78 is 7.23. The summed E-state index contributed by atoms with van der Waals surface area (Å²) in [4.78, 5) is 17.1. The van der Waals surface area contributed by atoms with Gasteiger partial charge in [-0.15, -0.1) is 0 Å². The van der Waals surface area contributed by atoms with E-state index in [-0.39, 0.29) is 5.91 Å². The van der Waals surface area contributed by atoms with Crippen LogP contribution in [0, 0.1) is 6.92 Å². The average Bonchev–Trinajstić information content (AvgIpc) is 2.93. The maximum atomic E-state index is 12.7. The summed E-state index contributed by atoms with van der Waals surface area (Å²) in [6, 6.07) is 8.87. The van der Waals surface area contributed by atoms with Gasteiger partial charge in [0.1, 0.15) is 11.4 Å². The minimum absolute atomic E-state index is 0.284. The van der Waals surface area contributed by atoms with Crippen molar-refractivity contribution in [1.82, 2.24) is 9.38 Å². The number of carbonyl (C=O) groups is 1. The summed E-state index contributed by atoms with van der Waals surface area (Å²) in [5, 5.41) is 3.70. The number of hydrogen-bond acceptors (Lipinski definition) is 3. The highest BCUT2D eigenvalue weighted by molar-refractivity contribution is 6.36. The predicted molar refractivity (Wildman–Crippen MR) is 105 cm³/mol. The molecule has 0 aliphatic carbocycles. The highest BCUT2D eigenvalue weighted by atomic mass is 35.5. The molecule has 1 aromatic carbocycles. The summed E-state index contributed by atoms with van der Waals surface area (Å²) in [5.41, 5.74) is 2.14. The summed E-state index contributed by atoms with van der Waals surface area (Å²) >= 11 is 12.2. The van der Waals surface area contributed by atoms with E-state index in [9.17, 15) is 4.79 Å². The van der Waals surface area contributed by atoms with Crippen LogP contribution in [0.1, 0.15) is 35.9 Å². The minimum atomic E-state index is -0.284.